The van der Waals surface area contributed by atoms with Crippen LogP contribution in [0, 0.1) is 23.2 Å². The van der Waals surface area contributed by atoms with Crippen LogP contribution in [0.2, 0.25) is 0 Å². The first-order chi connectivity index (χ1) is 15.2. The zero-order valence-electron chi connectivity index (χ0n) is 21.8. The average molecular weight is 466 g/mol. The Morgan fingerprint density at radius 2 is 1.82 bits per heavy atom. The number of hydrogen-bond donors (Lipinski definition) is 2. The van der Waals surface area contributed by atoms with Gasteiger partial charge in [-0.15, -0.1) is 0 Å². The van der Waals surface area contributed by atoms with E-state index in [1.807, 2.05) is 0 Å². The fraction of sp³-hybridized carbons (Fsp3) is 0.917. The van der Waals surface area contributed by atoms with Gasteiger partial charge in [0.15, 0.2) is 0 Å². The van der Waals surface area contributed by atoms with E-state index in [1.165, 1.54) is 13.5 Å². The van der Waals surface area contributed by atoms with Crippen molar-refractivity contribution in [3.05, 3.63) is 0 Å². The Balaban J connectivity index is 1.70. The lowest BCUT2D eigenvalue weighted by atomic mass is 9.43. The van der Waals surface area contributed by atoms with Crippen LogP contribution in [0.1, 0.15) is 74.7 Å². The Morgan fingerprint density at radius 1 is 1.15 bits per heavy atom. The Bertz CT molecular complexity index is 739. The highest BCUT2D eigenvalue weighted by Gasteiger charge is 2.68. The van der Waals surface area contributed by atoms with Gasteiger partial charge in [-0.1, -0.05) is 27.7 Å². The minimum Gasteiger partial charge on any atom is -0.444 e. The van der Waals surface area contributed by atoms with Gasteiger partial charge in [0.25, 0.3) is 0 Å². The summed E-state index contributed by atoms with van der Waals surface area (Å²) < 4.78 is 23.5. The molecule has 4 aliphatic rings. The van der Waals surface area contributed by atoms with Gasteiger partial charge in [0.1, 0.15) is 11.6 Å². The molecule has 3 saturated carbocycles. The molecule has 2 bridgehead atoms. The minimum atomic E-state index is -0.884. The molecule has 4 rings (SSSR count). The number of ether oxygens (including phenoxy) is 2. The van der Waals surface area contributed by atoms with Crippen molar-refractivity contribution < 1.29 is 28.4 Å². The van der Waals surface area contributed by atoms with Crippen LogP contribution in [-0.4, -0.2) is 62.1 Å². The number of nitrogens with one attached hydrogen (secondary N) is 2. The topological polar surface area (TPSA) is 95.1 Å². The first kappa shape index (κ1) is 26.3. The number of methoxy groups -OCH3 is 1. The molecule has 3 aliphatic carbocycles. The van der Waals surface area contributed by atoms with Crippen molar-refractivity contribution >= 4 is 19.1 Å². The van der Waals surface area contributed by atoms with Crippen LogP contribution in [0.15, 0.2) is 0 Å². The van der Waals surface area contributed by atoms with Crippen LogP contribution >= 0.6 is 0 Å². The quantitative estimate of drug-likeness (QED) is 0.533. The van der Waals surface area contributed by atoms with Gasteiger partial charge in [0.2, 0.25) is 5.91 Å². The van der Waals surface area contributed by atoms with Crippen molar-refractivity contribution in [2.75, 3.05) is 13.7 Å². The lowest BCUT2D eigenvalue weighted by Crippen LogP contribution is -2.65. The first-order valence-corrected chi connectivity index (χ1v) is 12.3. The third kappa shape index (κ3) is 5.51. The van der Waals surface area contributed by atoms with Gasteiger partial charge >= 0.3 is 13.2 Å². The molecular weight excluding hydrogens is 423 g/mol. The largest absolute Gasteiger partial charge is 0.481 e. The molecule has 0 radical (unpaired) electrons. The smallest absolute Gasteiger partial charge is 0.444 e. The molecule has 0 spiro atoms. The fourth-order valence-corrected chi connectivity index (χ4v) is 5.90. The molecule has 33 heavy (non-hydrogen) atoms. The summed E-state index contributed by atoms with van der Waals surface area (Å²) in [6.45, 7) is 16.4. The van der Waals surface area contributed by atoms with Crippen LogP contribution in [0.4, 0.5) is 4.79 Å². The van der Waals surface area contributed by atoms with Gasteiger partial charge in [-0.05, 0) is 70.1 Å². The highest BCUT2D eigenvalue weighted by molar-refractivity contribution is 6.47. The molecule has 0 aromatic rings. The number of carbonyl (C=O) groups excluding carboxylic acids is 2. The Labute approximate surface area is 199 Å². The van der Waals surface area contributed by atoms with E-state index in [-0.39, 0.29) is 35.6 Å². The van der Waals surface area contributed by atoms with Gasteiger partial charge in [-0.3, -0.25) is 4.79 Å². The van der Waals surface area contributed by atoms with E-state index in [9.17, 15) is 9.59 Å². The van der Waals surface area contributed by atoms with E-state index >= 15 is 0 Å². The third-order valence-corrected chi connectivity index (χ3v) is 7.69. The monoisotopic (exact) mass is 466 g/mol. The second kappa shape index (κ2) is 9.38. The van der Waals surface area contributed by atoms with E-state index in [4.69, 9.17) is 18.8 Å². The summed E-state index contributed by atoms with van der Waals surface area (Å²) in [4.78, 5) is 25.4. The van der Waals surface area contributed by atoms with Crippen molar-refractivity contribution in [1.29, 1.82) is 0 Å². The Kier molecular flexibility index (Phi) is 7.47. The SMILES string of the molecule is COC[C@@H](NC(=O)OC(C)(C)C)C(=O)N[C@@H](CC(C)C)B1O[C@@H]2C[C@@H]3C[C@@H](C3(C)C)[C@]2(C)O1. The molecule has 1 saturated heterocycles. The highest BCUT2D eigenvalue weighted by Crippen LogP contribution is 2.65. The van der Waals surface area contributed by atoms with Crippen LogP contribution in [0.25, 0.3) is 0 Å². The summed E-state index contributed by atoms with van der Waals surface area (Å²) in [6, 6.07) is -0.884. The molecular formula is C24H43BN2O6. The second-order valence-corrected chi connectivity index (χ2v) is 12.2. The molecule has 6 atom stereocenters. The zero-order valence-corrected chi connectivity index (χ0v) is 21.8. The predicted molar refractivity (Wildman–Crippen MR) is 127 cm³/mol. The maximum absolute atomic E-state index is 13.2. The maximum atomic E-state index is 13.2. The number of rotatable bonds is 8. The molecule has 2 N–H and O–H groups in total. The van der Waals surface area contributed by atoms with E-state index in [0.717, 1.165) is 6.42 Å². The van der Waals surface area contributed by atoms with E-state index in [2.05, 4.69) is 45.3 Å². The molecule has 1 aliphatic heterocycles. The average Bonchev–Trinajstić information content (AvgIpc) is 3.02. The number of amides is 2. The zero-order chi connectivity index (χ0) is 24.8. The van der Waals surface area contributed by atoms with E-state index in [1.54, 1.807) is 20.8 Å². The molecule has 4 fully saturated rings. The van der Waals surface area contributed by atoms with Gasteiger partial charge < -0.3 is 29.4 Å². The molecule has 0 aromatic carbocycles. The number of carbonyl (C=O) groups is 2. The minimum absolute atomic E-state index is 0.0319. The van der Waals surface area contributed by atoms with Crippen LogP contribution in [0.3, 0.4) is 0 Å². The van der Waals surface area contributed by atoms with Crippen molar-refractivity contribution in [1.82, 2.24) is 10.6 Å². The third-order valence-electron chi connectivity index (χ3n) is 7.69. The summed E-state index contributed by atoms with van der Waals surface area (Å²) >= 11 is 0. The summed E-state index contributed by atoms with van der Waals surface area (Å²) in [7, 11) is 0.969. The first-order valence-electron chi connectivity index (χ1n) is 12.3. The van der Waals surface area contributed by atoms with Gasteiger partial charge in [0.05, 0.1) is 24.3 Å². The van der Waals surface area contributed by atoms with Crippen molar-refractivity contribution in [2.24, 2.45) is 23.2 Å². The normalized spacial score (nSPS) is 31.9. The molecule has 188 valence electrons. The molecule has 9 heteroatoms. The Morgan fingerprint density at radius 3 is 2.36 bits per heavy atom. The lowest BCUT2D eigenvalue weighted by Gasteiger charge is -2.64. The van der Waals surface area contributed by atoms with Crippen molar-refractivity contribution in [2.45, 2.75) is 104 Å². The standard InChI is InChI=1S/C24H43BN2O6/c1-14(2)10-19(27-20(28)16(13-30-9)26-21(29)31-22(3,4)5)25-32-18-12-15-11-17(23(15,6)7)24(18,8)33-25/h14-19H,10-13H2,1-9H3,(H,26,29)(H,27,28)/t15-,16+,17-,18+,19-,24-/m0/s1. The predicted octanol–water partition coefficient (Wildman–Crippen LogP) is 3.32. The highest BCUT2D eigenvalue weighted by atomic mass is 16.7. The summed E-state index contributed by atoms with van der Waals surface area (Å²) in [6.07, 6.45) is 2.25. The molecule has 0 unspecified atom stereocenters. The van der Waals surface area contributed by atoms with Crippen LogP contribution in [-0.2, 0) is 23.6 Å². The van der Waals surface area contributed by atoms with Crippen molar-refractivity contribution in [3.8, 4) is 0 Å². The molecule has 2 amide bonds. The van der Waals surface area contributed by atoms with Crippen LogP contribution in [0.5, 0.6) is 0 Å². The molecule has 8 nitrogen and oxygen atoms in total. The Hall–Kier alpha value is -1.32. The van der Waals surface area contributed by atoms with E-state index in [0.29, 0.717) is 24.2 Å². The second-order valence-electron chi connectivity index (χ2n) is 12.2. The molecule has 1 heterocycles. The van der Waals surface area contributed by atoms with Gasteiger partial charge in [-0.25, -0.2) is 4.79 Å². The van der Waals surface area contributed by atoms with E-state index < -0.39 is 24.9 Å². The summed E-state index contributed by atoms with van der Waals surface area (Å²) in [5.74, 6) is 0.752. The van der Waals surface area contributed by atoms with Crippen molar-refractivity contribution in [3.63, 3.8) is 0 Å². The number of hydrogen-bond acceptors (Lipinski definition) is 6. The number of alkyl carbamates (subject to hydrolysis) is 1. The van der Waals surface area contributed by atoms with Gasteiger partial charge in [-0.2, -0.15) is 0 Å². The fourth-order valence-electron chi connectivity index (χ4n) is 5.90. The lowest BCUT2D eigenvalue weighted by molar-refractivity contribution is -0.199. The van der Waals surface area contributed by atoms with Gasteiger partial charge in [0, 0.05) is 7.11 Å². The van der Waals surface area contributed by atoms with Crippen LogP contribution < -0.4 is 10.6 Å². The summed E-state index contributed by atoms with van der Waals surface area (Å²) in [5.41, 5.74) is -0.755. The molecule has 0 aromatic heterocycles. The summed E-state index contributed by atoms with van der Waals surface area (Å²) in [5, 5.41) is 5.71. The maximum Gasteiger partial charge on any atom is 0.481 e.